The lowest BCUT2D eigenvalue weighted by molar-refractivity contribution is -0.115. The Labute approximate surface area is 158 Å². The van der Waals surface area contributed by atoms with Gasteiger partial charge in [0.1, 0.15) is 0 Å². The number of hydrogen-bond donors (Lipinski definition) is 1. The summed E-state index contributed by atoms with van der Waals surface area (Å²) in [6.07, 6.45) is 7.98. The molecule has 1 aliphatic heterocycles. The molecule has 134 valence electrons. The molecule has 3 rings (SSSR count). The van der Waals surface area contributed by atoms with Crippen molar-refractivity contribution >= 4 is 22.9 Å². The highest BCUT2D eigenvalue weighted by molar-refractivity contribution is 8.18. The van der Waals surface area contributed by atoms with Gasteiger partial charge in [0.2, 0.25) is 0 Å². The van der Waals surface area contributed by atoms with E-state index in [9.17, 15) is 9.59 Å². The zero-order valence-corrected chi connectivity index (χ0v) is 15.6. The van der Waals surface area contributed by atoms with Crippen molar-refractivity contribution in [2.24, 2.45) is 0 Å². The van der Waals surface area contributed by atoms with Crippen LogP contribution in [-0.4, -0.2) is 11.1 Å². The number of benzene rings is 2. The largest absolute Gasteiger partial charge is 0.290 e. The Morgan fingerprint density at radius 2 is 1.38 bits per heavy atom. The topological polar surface area (TPSA) is 46.2 Å². The van der Waals surface area contributed by atoms with Gasteiger partial charge in [0.25, 0.3) is 11.1 Å². The van der Waals surface area contributed by atoms with Gasteiger partial charge in [-0.3, -0.25) is 14.9 Å². The number of hydrogen-bond acceptors (Lipinski definition) is 3. The van der Waals surface area contributed by atoms with Crippen LogP contribution in [0.5, 0.6) is 0 Å². The minimum absolute atomic E-state index is 0.258. The lowest BCUT2D eigenvalue weighted by Gasteiger charge is -2.05. The molecule has 3 nitrogen and oxygen atoms in total. The minimum Gasteiger partial charge on any atom is -0.282 e. The van der Waals surface area contributed by atoms with E-state index in [-0.39, 0.29) is 11.1 Å². The molecule has 0 radical (unpaired) electrons. The van der Waals surface area contributed by atoms with E-state index < -0.39 is 0 Å². The molecule has 1 N–H and O–H groups in total. The molecule has 0 bridgehead atoms. The SMILES string of the molecule is O=C1NC(=O)/C(=C/CCCCc2ccc(CCc3ccccc3)cc2)S1. The number of amides is 2. The average molecular weight is 365 g/mol. The van der Waals surface area contributed by atoms with Crippen LogP contribution in [-0.2, 0) is 24.1 Å². The number of thioether (sulfide) groups is 1. The fourth-order valence-electron chi connectivity index (χ4n) is 2.97. The summed E-state index contributed by atoms with van der Waals surface area (Å²) in [5.41, 5.74) is 4.10. The Kier molecular flexibility index (Phi) is 6.67. The van der Waals surface area contributed by atoms with Crippen molar-refractivity contribution in [2.75, 3.05) is 0 Å². The minimum atomic E-state index is -0.270. The van der Waals surface area contributed by atoms with Gasteiger partial charge in [-0.25, -0.2) is 0 Å². The van der Waals surface area contributed by atoms with Gasteiger partial charge < -0.3 is 0 Å². The Hall–Kier alpha value is -2.33. The maximum absolute atomic E-state index is 11.4. The number of allylic oxidation sites excluding steroid dienone is 1. The van der Waals surface area contributed by atoms with Gasteiger partial charge in [-0.05, 0) is 67.0 Å². The quantitative estimate of drug-likeness (QED) is 0.526. The molecule has 2 aromatic carbocycles. The number of carbonyl (C=O) groups is 2. The van der Waals surface area contributed by atoms with Gasteiger partial charge in [0.15, 0.2) is 0 Å². The zero-order valence-electron chi connectivity index (χ0n) is 14.7. The van der Waals surface area contributed by atoms with Gasteiger partial charge in [-0.2, -0.15) is 0 Å². The van der Waals surface area contributed by atoms with Crippen LogP contribution in [0.1, 0.15) is 36.0 Å². The molecule has 2 amide bonds. The molecule has 0 atom stereocenters. The lowest BCUT2D eigenvalue weighted by atomic mass is 10.0. The van der Waals surface area contributed by atoms with Crippen molar-refractivity contribution in [1.82, 2.24) is 5.32 Å². The van der Waals surface area contributed by atoms with E-state index in [1.807, 2.05) is 6.08 Å². The first-order valence-electron chi connectivity index (χ1n) is 9.06. The van der Waals surface area contributed by atoms with E-state index in [1.54, 1.807) is 0 Å². The third-order valence-corrected chi connectivity index (χ3v) is 5.32. The molecule has 0 aromatic heterocycles. The highest BCUT2D eigenvalue weighted by Gasteiger charge is 2.24. The van der Waals surface area contributed by atoms with Crippen molar-refractivity contribution in [2.45, 2.75) is 38.5 Å². The second kappa shape index (κ2) is 9.39. The molecular formula is C22H23NO2S. The molecule has 0 aliphatic carbocycles. The number of unbranched alkanes of at least 4 members (excludes halogenated alkanes) is 2. The van der Waals surface area contributed by atoms with Crippen molar-refractivity contribution < 1.29 is 9.59 Å². The first kappa shape index (κ1) is 18.5. The van der Waals surface area contributed by atoms with Gasteiger partial charge in [-0.15, -0.1) is 0 Å². The van der Waals surface area contributed by atoms with Crippen molar-refractivity contribution in [3.05, 3.63) is 82.3 Å². The van der Waals surface area contributed by atoms with Gasteiger partial charge in [-0.1, -0.05) is 60.7 Å². The number of imide groups is 1. The van der Waals surface area contributed by atoms with Crippen LogP contribution in [0.4, 0.5) is 4.79 Å². The third-order valence-electron chi connectivity index (χ3n) is 4.46. The molecular weight excluding hydrogens is 342 g/mol. The molecule has 4 heteroatoms. The van der Waals surface area contributed by atoms with Gasteiger partial charge >= 0.3 is 0 Å². The third kappa shape index (κ3) is 5.60. The monoisotopic (exact) mass is 365 g/mol. The second-order valence-corrected chi connectivity index (χ2v) is 7.47. The molecule has 0 saturated carbocycles. The van der Waals surface area contributed by atoms with Crippen molar-refractivity contribution in [3.8, 4) is 0 Å². The second-order valence-electron chi connectivity index (χ2n) is 6.46. The van der Waals surface area contributed by atoms with E-state index in [1.165, 1.54) is 16.7 Å². The molecule has 2 aromatic rings. The summed E-state index contributed by atoms with van der Waals surface area (Å²) in [6, 6.07) is 19.5. The Bertz CT molecular complexity index is 782. The predicted octanol–water partition coefficient (Wildman–Crippen LogP) is 5.05. The first-order chi connectivity index (χ1) is 12.7. The fraction of sp³-hybridized carbons (Fsp3) is 0.273. The van der Waals surface area contributed by atoms with Crippen LogP contribution in [0, 0.1) is 0 Å². The van der Waals surface area contributed by atoms with E-state index in [0.717, 1.165) is 50.3 Å². The summed E-state index contributed by atoms with van der Waals surface area (Å²) in [5.74, 6) is -0.258. The fourth-order valence-corrected chi connectivity index (χ4v) is 3.66. The highest BCUT2D eigenvalue weighted by atomic mass is 32.2. The summed E-state index contributed by atoms with van der Waals surface area (Å²) in [7, 11) is 0. The summed E-state index contributed by atoms with van der Waals surface area (Å²) in [5, 5.41) is 2.01. The predicted molar refractivity (Wildman–Crippen MR) is 107 cm³/mol. The van der Waals surface area contributed by atoms with Gasteiger partial charge in [0, 0.05) is 0 Å². The summed E-state index contributed by atoms with van der Waals surface area (Å²) in [6.45, 7) is 0. The van der Waals surface area contributed by atoms with E-state index in [4.69, 9.17) is 0 Å². The van der Waals surface area contributed by atoms with Crippen molar-refractivity contribution in [1.29, 1.82) is 0 Å². The Balaban J connectivity index is 1.37. The zero-order chi connectivity index (χ0) is 18.2. The first-order valence-corrected chi connectivity index (χ1v) is 9.87. The standard InChI is InChI=1S/C22H23NO2S/c24-21-20(26-22(25)23-21)10-6-2-5-9-18-12-15-19(16-13-18)14-11-17-7-3-1-4-8-17/h1,3-4,7-8,10,12-13,15-16H,2,5-6,9,11,14H2,(H,23,24,25)/b20-10-. The van der Waals surface area contributed by atoms with Crippen LogP contribution in [0.3, 0.4) is 0 Å². The van der Waals surface area contributed by atoms with Gasteiger partial charge in [0.05, 0.1) is 4.91 Å². The molecule has 0 unspecified atom stereocenters. The highest BCUT2D eigenvalue weighted by Crippen LogP contribution is 2.23. The molecule has 0 spiro atoms. The summed E-state index contributed by atoms with van der Waals surface area (Å²) in [4.78, 5) is 23.0. The van der Waals surface area contributed by atoms with E-state index in [2.05, 4.69) is 59.9 Å². The number of rotatable bonds is 8. The maximum atomic E-state index is 11.4. The molecule has 1 aliphatic rings. The number of carbonyl (C=O) groups excluding carboxylic acids is 2. The van der Waals surface area contributed by atoms with E-state index >= 15 is 0 Å². The molecule has 26 heavy (non-hydrogen) atoms. The molecule has 1 saturated heterocycles. The number of aryl methyl sites for hydroxylation is 3. The maximum Gasteiger partial charge on any atom is 0.290 e. The lowest BCUT2D eigenvalue weighted by Crippen LogP contribution is -2.17. The van der Waals surface area contributed by atoms with Crippen LogP contribution in [0.25, 0.3) is 0 Å². The van der Waals surface area contributed by atoms with Crippen molar-refractivity contribution in [3.63, 3.8) is 0 Å². The Morgan fingerprint density at radius 3 is 2.00 bits per heavy atom. The average Bonchev–Trinajstić information content (AvgIpc) is 2.99. The number of nitrogens with one attached hydrogen (secondary N) is 1. The van der Waals surface area contributed by atoms with Crippen LogP contribution >= 0.6 is 11.8 Å². The normalized spacial score (nSPS) is 15.5. The Morgan fingerprint density at radius 1 is 0.769 bits per heavy atom. The molecule has 1 heterocycles. The summed E-state index contributed by atoms with van der Waals surface area (Å²) >= 11 is 0.994. The van der Waals surface area contributed by atoms with Crippen LogP contribution < -0.4 is 5.32 Å². The van der Waals surface area contributed by atoms with E-state index in [0.29, 0.717) is 4.91 Å². The van der Waals surface area contributed by atoms with Crippen LogP contribution in [0.15, 0.2) is 65.6 Å². The van der Waals surface area contributed by atoms with Crippen LogP contribution in [0.2, 0.25) is 0 Å². The smallest absolute Gasteiger partial charge is 0.282 e. The molecule has 1 fully saturated rings. The summed E-state index contributed by atoms with van der Waals surface area (Å²) < 4.78 is 0.